The van der Waals surface area contributed by atoms with Gasteiger partial charge in [0.05, 0.1) is 12.1 Å². The SMILES string of the molecule is CN(C(=O)c1ccc(C#CCN)cc1F)C1CCOCC1. The van der Waals surface area contributed by atoms with E-state index in [2.05, 4.69) is 11.8 Å². The van der Waals surface area contributed by atoms with Gasteiger partial charge in [0.25, 0.3) is 5.91 Å². The third-order valence-corrected chi connectivity index (χ3v) is 3.59. The quantitative estimate of drug-likeness (QED) is 0.837. The fourth-order valence-electron chi connectivity index (χ4n) is 2.35. The largest absolute Gasteiger partial charge is 0.381 e. The van der Waals surface area contributed by atoms with Crippen molar-refractivity contribution in [1.82, 2.24) is 4.90 Å². The van der Waals surface area contributed by atoms with E-state index in [9.17, 15) is 9.18 Å². The van der Waals surface area contributed by atoms with Crippen molar-refractivity contribution in [2.24, 2.45) is 5.73 Å². The summed E-state index contributed by atoms with van der Waals surface area (Å²) < 4.78 is 19.4. The van der Waals surface area contributed by atoms with Crippen molar-refractivity contribution in [2.75, 3.05) is 26.8 Å². The lowest BCUT2D eigenvalue weighted by Crippen LogP contribution is -2.40. The summed E-state index contributed by atoms with van der Waals surface area (Å²) in [6, 6.07) is 4.49. The van der Waals surface area contributed by atoms with Crippen LogP contribution >= 0.6 is 0 Å². The summed E-state index contributed by atoms with van der Waals surface area (Å²) in [4.78, 5) is 14.0. The molecule has 1 aliphatic rings. The normalized spacial score (nSPS) is 15.2. The second-order valence-electron chi connectivity index (χ2n) is 4.96. The van der Waals surface area contributed by atoms with Crippen LogP contribution in [0.1, 0.15) is 28.8 Å². The zero-order valence-electron chi connectivity index (χ0n) is 12.1. The Morgan fingerprint density at radius 1 is 1.48 bits per heavy atom. The number of ether oxygens (including phenoxy) is 1. The highest BCUT2D eigenvalue weighted by Crippen LogP contribution is 2.18. The van der Waals surface area contributed by atoms with E-state index >= 15 is 0 Å². The highest BCUT2D eigenvalue weighted by molar-refractivity contribution is 5.94. The van der Waals surface area contributed by atoms with Crippen molar-refractivity contribution in [3.63, 3.8) is 0 Å². The van der Waals surface area contributed by atoms with Gasteiger partial charge in [0, 0.05) is 31.9 Å². The number of halogens is 1. The molecule has 2 rings (SSSR count). The second kappa shape index (κ2) is 7.21. The molecule has 0 unspecified atom stereocenters. The first-order chi connectivity index (χ1) is 10.1. The average Bonchev–Trinajstić information content (AvgIpc) is 2.52. The maximum absolute atomic E-state index is 14.1. The number of benzene rings is 1. The van der Waals surface area contributed by atoms with E-state index in [1.54, 1.807) is 18.0 Å². The lowest BCUT2D eigenvalue weighted by molar-refractivity contribution is 0.0359. The first-order valence-electron chi connectivity index (χ1n) is 6.97. The summed E-state index contributed by atoms with van der Waals surface area (Å²) in [6.45, 7) is 1.49. The second-order valence-corrected chi connectivity index (χ2v) is 4.96. The van der Waals surface area contributed by atoms with Gasteiger partial charge in [0.2, 0.25) is 0 Å². The summed E-state index contributed by atoms with van der Waals surface area (Å²) in [5, 5.41) is 0. The maximum Gasteiger partial charge on any atom is 0.256 e. The van der Waals surface area contributed by atoms with Crippen molar-refractivity contribution in [2.45, 2.75) is 18.9 Å². The fourth-order valence-corrected chi connectivity index (χ4v) is 2.35. The topological polar surface area (TPSA) is 55.6 Å². The summed E-state index contributed by atoms with van der Waals surface area (Å²) >= 11 is 0. The minimum absolute atomic E-state index is 0.0716. The van der Waals surface area contributed by atoms with Crippen LogP contribution in [-0.4, -0.2) is 43.7 Å². The number of carbonyl (C=O) groups is 1. The Hall–Kier alpha value is -1.90. The van der Waals surface area contributed by atoms with Gasteiger partial charge in [0.1, 0.15) is 5.82 Å². The van der Waals surface area contributed by atoms with Gasteiger partial charge in [-0.05, 0) is 31.0 Å². The van der Waals surface area contributed by atoms with Crippen LogP contribution in [0.15, 0.2) is 18.2 Å². The van der Waals surface area contributed by atoms with Crippen LogP contribution in [0.4, 0.5) is 4.39 Å². The molecule has 1 aromatic rings. The molecule has 0 spiro atoms. The van der Waals surface area contributed by atoms with Crippen LogP contribution in [0.25, 0.3) is 0 Å². The summed E-state index contributed by atoms with van der Waals surface area (Å²) in [6.07, 6.45) is 1.56. The molecule has 0 aliphatic carbocycles. The monoisotopic (exact) mass is 290 g/mol. The first-order valence-corrected chi connectivity index (χ1v) is 6.97. The molecule has 1 aliphatic heterocycles. The van der Waals surface area contributed by atoms with E-state index in [1.165, 1.54) is 12.1 Å². The van der Waals surface area contributed by atoms with Gasteiger partial charge in [-0.1, -0.05) is 11.8 Å². The van der Waals surface area contributed by atoms with Gasteiger partial charge in [-0.2, -0.15) is 0 Å². The van der Waals surface area contributed by atoms with Crippen molar-refractivity contribution >= 4 is 5.91 Å². The van der Waals surface area contributed by atoms with E-state index in [4.69, 9.17) is 10.5 Å². The zero-order chi connectivity index (χ0) is 15.2. The predicted octanol–water partition coefficient (Wildman–Crippen LogP) is 1.39. The Morgan fingerprint density at radius 2 is 2.19 bits per heavy atom. The van der Waals surface area contributed by atoms with Gasteiger partial charge in [-0.3, -0.25) is 4.79 Å². The molecule has 0 atom stereocenters. The Morgan fingerprint density at radius 3 is 2.81 bits per heavy atom. The molecule has 0 bridgehead atoms. The van der Waals surface area contributed by atoms with Crippen molar-refractivity contribution < 1.29 is 13.9 Å². The lowest BCUT2D eigenvalue weighted by Gasteiger charge is -2.31. The number of hydrogen-bond donors (Lipinski definition) is 1. The van der Waals surface area contributed by atoms with E-state index in [0.717, 1.165) is 12.8 Å². The van der Waals surface area contributed by atoms with Gasteiger partial charge in [0.15, 0.2) is 0 Å². The number of carbonyl (C=O) groups excluding carboxylic acids is 1. The van der Waals surface area contributed by atoms with Crippen LogP contribution in [0.3, 0.4) is 0 Å². The van der Waals surface area contributed by atoms with E-state index < -0.39 is 5.82 Å². The number of nitrogens with zero attached hydrogens (tertiary/aromatic N) is 1. The Bertz CT molecular complexity index is 571. The van der Waals surface area contributed by atoms with Crippen LogP contribution in [0.5, 0.6) is 0 Å². The molecule has 112 valence electrons. The molecular weight excluding hydrogens is 271 g/mol. The van der Waals surface area contributed by atoms with Crippen LogP contribution in [-0.2, 0) is 4.74 Å². The highest BCUT2D eigenvalue weighted by atomic mass is 19.1. The molecule has 1 fully saturated rings. The van der Waals surface area contributed by atoms with Crippen LogP contribution in [0, 0.1) is 17.7 Å². The zero-order valence-corrected chi connectivity index (χ0v) is 12.1. The third-order valence-electron chi connectivity index (χ3n) is 3.59. The molecule has 1 aromatic carbocycles. The Kier molecular flexibility index (Phi) is 5.32. The minimum atomic E-state index is -0.553. The standard InChI is InChI=1S/C16H19FN2O2/c1-19(13-6-9-21-10-7-13)16(20)14-5-4-12(3-2-8-18)11-15(14)17/h4-5,11,13H,6-10,18H2,1H3. The number of rotatable bonds is 2. The Balaban J connectivity index is 2.14. The van der Waals surface area contributed by atoms with Crippen LogP contribution < -0.4 is 5.73 Å². The average molecular weight is 290 g/mol. The fraction of sp³-hybridized carbons (Fsp3) is 0.438. The van der Waals surface area contributed by atoms with Gasteiger partial charge in [-0.25, -0.2) is 4.39 Å². The van der Waals surface area contributed by atoms with E-state index in [0.29, 0.717) is 18.8 Å². The van der Waals surface area contributed by atoms with Crippen molar-refractivity contribution in [1.29, 1.82) is 0 Å². The van der Waals surface area contributed by atoms with Gasteiger partial charge < -0.3 is 15.4 Å². The van der Waals surface area contributed by atoms with Crippen molar-refractivity contribution in [3.8, 4) is 11.8 Å². The molecule has 0 saturated carbocycles. The molecule has 0 aromatic heterocycles. The lowest BCUT2D eigenvalue weighted by atomic mass is 10.1. The molecule has 1 heterocycles. The minimum Gasteiger partial charge on any atom is -0.381 e. The van der Waals surface area contributed by atoms with Gasteiger partial charge in [-0.15, -0.1) is 0 Å². The van der Waals surface area contributed by atoms with E-state index in [-0.39, 0.29) is 24.1 Å². The summed E-state index contributed by atoms with van der Waals surface area (Å²) in [7, 11) is 1.71. The molecule has 5 heteroatoms. The van der Waals surface area contributed by atoms with E-state index in [1.807, 2.05) is 0 Å². The molecule has 2 N–H and O–H groups in total. The first kappa shape index (κ1) is 15.5. The van der Waals surface area contributed by atoms with Crippen molar-refractivity contribution in [3.05, 3.63) is 35.1 Å². The maximum atomic E-state index is 14.1. The predicted molar refractivity (Wildman–Crippen MR) is 78.3 cm³/mol. The smallest absolute Gasteiger partial charge is 0.256 e. The summed E-state index contributed by atoms with van der Waals surface area (Å²) in [5.74, 6) is 4.54. The molecule has 4 nitrogen and oxygen atoms in total. The third kappa shape index (κ3) is 3.81. The Labute approximate surface area is 124 Å². The highest BCUT2D eigenvalue weighted by Gasteiger charge is 2.25. The molecule has 0 radical (unpaired) electrons. The number of nitrogens with two attached hydrogens (primary N) is 1. The van der Waals surface area contributed by atoms with Gasteiger partial charge >= 0.3 is 0 Å². The number of hydrogen-bond acceptors (Lipinski definition) is 3. The molecule has 21 heavy (non-hydrogen) atoms. The molecule has 1 saturated heterocycles. The van der Waals surface area contributed by atoms with Crippen LogP contribution in [0.2, 0.25) is 0 Å². The number of amides is 1. The molecular formula is C16H19FN2O2. The summed E-state index contributed by atoms with van der Waals surface area (Å²) in [5.41, 5.74) is 5.86. The molecule has 1 amide bonds.